The van der Waals surface area contributed by atoms with Crippen LogP contribution in [0.4, 0.5) is 0 Å². The van der Waals surface area contributed by atoms with Crippen LogP contribution in [-0.4, -0.2) is 31.2 Å². The fourth-order valence-corrected chi connectivity index (χ4v) is 1.86. The molecule has 18 heavy (non-hydrogen) atoms. The third-order valence-corrected chi connectivity index (χ3v) is 2.86. The Morgan fingerprint density at radius 2 is 2.06 bits per heavy atom. The summed E-state index contributed by atoms with van der Waals surface area (Å²) in [5.74, 6) is 6.89. The molecule has 1 aromatic carbocycles. The van der Waals surface area contributed by atoms with Gasteiger partial charge < -0.3 is 9.47 Å². The monoisotopic (exact) mass is 250 g/mol. The normalized spacial score (nSPS) is 13.2. The van der Waals surface area contributed by atoms with Crippen molar-refractivity contribution in [3.05, 3.63) is 23.8 Å². The molecule has 0 bridgehead atoms. The number of hydrazine groups is 1. The highest BCUT2D eigenvalue weighted by Gasteiger charge is 2.12. The van der Waals surface area contributed by atoms with Gasteiger partial charge in [-0.15, -0.1) is 0 Å². The average molecular weight is 250 g/mol. The molecule has 2 rings (SSSR count). The molecular weight excluding hydrogens is 232 g/mol. The highest BCUT2D eigenvalue weighted by molar-refractivity contribution is 5.75. The van der Waals surface area contributed by atoms with Crippen LogP contribution >= 0.6 is 0 Å². The maximum absolute atomic E-state index is 11.3. The largest absolute Gasteiger partial charge is 0.486 e. The second-order valence-corrected chi connectivity index (χ2v) is 4.34. The molecule has 0 atom stereocenters. The van der Waals surface area contributed by atoms with Gasteiger partial charge in [-0.1, -0.05) is 6.07 Å². The van der Waals surface area contributed by atoms with Crippen molar-refractivity contribution >= 4 is 5.91 Å². The van der Waals surface area contributed by atoms with Crippen LogP contribution in [0.1, 0.15) is 18.4 Å². The van der Waals surface area contributed by atoms with Crippen LogP contribution in [0, 0.1) is 0 Å². The van der Waals surface area contributed by atoms with Crippen LogP contribution in [0.15, 0.2) is 18.2 Å². The van der Waals surface area contributed by atoms with E-state index in [4.69, 9.17) is 15.3 Å². The van der Waals surface area contributed by atoms with Gasteiger partial charge in [0.15, 0.2) is 11.5 Å². The first-order valence-electron chi connectivity index (χ1n) is 6.06. The number of ether oxygens (including phenoxy) is 2. The van der Waals surface area contributed by atoms with Crippen LogP contribution in [0.5, 0.6) is 11.5 Å². The molecular formula is C13H18N2O3. The first-order valence-corrected chi connectivity index (χ1v) is 6.06. The minimum absolute atomic E-state index is 0.0486. The Morgan fingerprint density at radius 3 is 2.78 bits per heavy atom. The molecule has 0 aromatic heterocycles. The van der Waals surface area contributed by atoms with Crippen molar-refractivity contribution in [1.29, 1.82) is 0 Å². The van der Waals surface area contributed by atoms with E-state index in [2.05, 4.69) is 0 Å². The number of hydrogen-bond acceptors (Lipinski definition) is 4. The molecule has 0 aliphatic carbocycles. The Bertz CT molecular complexity index is 432. The zero-order chi connectivity index (χ0) is 13.0. The number of nitrogens with two attached hydrogens (primary N) is 1. The minimum Gasteiger partial charge on any atom is -0.486 e. The molecule has 0 fully saturated rings. The van der Waals surface area contributed by atoms with E-state index in [1.54, 1.807) is 7.05 Å². The van der Waals surface area contributed by atoms with Gasteiger partial charge in [-0.05, 0) is 30.5 Å². The molecule has 0 spiro atoms. The topological polar surface area (TPSA) is 64.8 Å². The van der Waals surface area contributed by atoms with Crippen molar-refractivity contribution in [2.45, 2.75) is 19.3 Å². The van der Waals surface area contributed by atoms with Gasteiger partial charge in [-0.2, -0.15) is 0 Å². The molecule has 5 heteroatoms. The average Bonchev–Trinajstić information content (AvgIpc) is 2.38. The van der Waals surface area contributed by atoms with Crippen molar-refractivity contribution in [3.8, 4) is 11.5 Å². The Labute approximate surface area is 106 Å². The molecule has 1 amide bonds. The van der Waals surface area contributed by atoms with E-state index in [9.17, 15) is 4.79 Å². The fraction of sp³-hybridized carbons (Fsp3) is 0.462. The standard InChI is InChI=1S/C13H18N2O3/c1-15(14)13(16)4-2-3-10-5-6-11-12(9-10)18-8-7-17-11/h5-6,9H,2-4,7-8,14H2,1H3. The van der Waals surface area contributed by atoms with Gasteiger partial charge >= 0.3 is 0 Å². The number of benzene rings is 1. The van der Waals surface area contributed by atoms with E-state index in [-0.39, 0.29) is 5.91 Å². The number of hydrogen-bond donors (Lipinski definition) is 1. The highest BCUT2D eigenvalue weighted by Crippen LogP contribution is 2.31. The summed E-state index contributed by atoms with van der Waals surface area (Å²) in [5.41, 5.74) is 1.15. The van der Waals surface area contributed by atoms with E-state index in [0.29, 0.717) is 19.6 Å². The van der Waals surface area contributed by atoms with Crippen LogP contribution in [0.2, 0.25) is 0 Å². The minimum atomic E-state index is -0.0486. The van der Waals surface area contributed by atoms with Gasteiger partial charge in [-0.3, -0.25) is 9.80 Å². The summed E-state index contributed by atoms with van der Waals surface area (Å²) in [6, 6.07) is 5.90. The molecule has 0 saturated heterocycles. The molecule has 0 saturated carbocycles. The molecule has 1 heterocycles. The maximum atomic E-state index is 11.3. The Hall–Kier alpha value is -1.75. The van der Waals surface area contributed by atoms with Crippen molar-refractivity contribution in [2.75, 3.05) is 20.3 Å². The number of carbonyl (C=O) groups excluding carboxylic acids is 1. The number of rotatable bonds is 4. The van der Waals surface area contributed by atoms with Crippen molar-refractivity contribution in [2.24, 2.45) is 5.84 Å². The highest BCUT2D eigenvalue weighted by atomic mass is 16.6. The summed E-state index contributed by atoms with van der Waals surface area (Å²) >= 11 is 0. The van der Waals surface area contributed by atoms with Crippen LogP contribution in [0.3, 0.4) is 0 Å². The summed E-state index contributed by atoms with van der Waals surface area (Å²) in [5, 5.41) is 1.13. The Balaban J connectivity index is 1.88. The van der Waals surface area contributed by atoms with Gasteiger partial charge in [-0.25, -0.2) is 5.84 Å². The van der Waals surface area contributed by atoms with E-state index in [0.717, 1.165) is 34.9 Å². The van der Waals surface area contributed by atoms with Crippen LogP contribution in [0.25, 0.3) is 0 Å². The second kappa shape index (κ2) is 5.73. The molecule has 0 radical (unpaired) electrons. The molecule has 2 N–H and O–H groups in total. The predicted octanol–water partition coefficient (Wildman–Crippen LogP) is 1.11. The maximum Gasteiger partial charge on any atom is 0.236 e. The van der Waals surface area contributed by atoms with Gasteiger partial charge in [0.05, 0.1) is 0 Å². The molecule has 1 aliphatic rings. The summed E-state index contributed by atoms with van der Waals surface area (Å²) < 4.78 is 11.0. The lowest BCUT2D eigenvalue weighted by Crippen LogP contribution is -2.32. The van der Waals surface area contributed by atoms with Gasteiger partial charge in [0.2, 0.25) is 5.91 Å². The summed E-state index contributed by atoms with van der Waals surface area (Å²) in [6.45, 7) is 1.19. The van der Waals surface area contributed by atoms with Gasteiger partial charge in [0.25, 0.3) is 0 Å². The predicted molar refractivity (Wildman–Crippen MR) is 67.3 cm³/mol. The summed E-state index contributed by atoms with van der Waals surface area (Å²) in [4.78, 5) is 11.3. The van der Waals surface area contributed by atoms with Crippen LogP contribution < -0.4 is 15.3 Å². The van der Waals surface area contributed by atoms with E-state index >= 15 is 0 Å². The third-order valence-electron chi connectivity index (χ3n) is 2.86. The number of carbonyl (C=O) groups is 1. The Morgan fingerprint density at radius 1 is 1.33 bits per heavy atom. The Kier molecular flexibility index (Phi) is 4.04. The first-order chi connectivity index (χ1) is 8.66. The zero-order valence-electron chi connectivity index (χ0n) is 10.5. The number of aryl methyl sites for hydroxylation is 1. The molecule has 0 unspecified atom stereocenters. The lowest BCUT2D eigenvalue weighted by molar-refractivity contribution is -0.130. The molecule has 1 aliphatic heterocycles. The number of fused-ring (bicyclic) bond motifs is 1. The van der Waals surface area contributed by atoms with E-state index in [1.807, 2.05) is 18.2 Å². The number of amides is 1. The summed E-state index contributed by atoms with van der Waals surface area (Å²) in [6.07, 6.45) is 2.07. The van der Waals surface area contributed by atoms with E-state index < -0.39 is 0 Å². The molecule has 5 nitrogen and oxygen atoms in total. The van der Waals surface area contributed by atoms with Gasteiger partial charge in [0, 0.05) is 13.5 Å². The lowest BCUT2D eigenvalue weighted by atomic mass is 10.1. The molecule has 1 aromatic rings. The quantitative estimate of drug-likeness (QED) is 0.494. The molecule has 98 valence electrons. The SMILES string of the molecule is CN(N)C(=O)CCCc1ccc2c(c1)OCCO2. The lowest BCUT2D eigenvalue weighted by Gasteiger charge is -2.18. The number of nitrogens with zero attached hydrogens (tertiary/aromatic N) is 1. The smallest absolute Gasteiger partial charge is 0.236 e. The van der Waals surface area contributed by atoms with Crippen LogP contribution in [-0.2, 0) is 11.2 Å². The van der Waals surface area contributed by atoms with Crippen molar-refractivity contribution in [3.63, 3.8) is 0 Å². The van der Waals surface area contributed by atoms with Crippen molar-refractivity contribution < 1.29 is 14.3 Å². The van der Waals surface area contributed by atoms with E-state index in [1.165, 1.54) is 0 Å². The fourth-order valence-electron chi connectivity index (χ4n) is 1.86. The van der Waals surface area contributed by atoms with Gasteiger partial charge in [0.1, 0.15) is 13.2 Å². The third kappa shape index (κ3) is 3.13. The van der Waals surface area contributed by atoms with Crippen molar-refractivity contribution in [1.82, 2.24) is 5.01 Å². The first kappa shape index (κ1) is 12.7. The summed E-state index contributed by atoms with van der Waals surface area (Å²) in [7, 11) is 1.56. The zero-order valence-corrected chi connectivity index (χ0v) is 10.5. The second-order valence-electron chi connectivity index (χ2n) is 4.34.